The fourth-order valence-electron chi connectivity index (χ4n) is 1.45. The first-order valence-electron chi connectivity index (χ1n) is 5.32. The van der Waals surface area contributed by atoms with Crippen LogP contribution in [0.1, 0.15) is 5.56 Å². The fourth-order valence-corrected chi connectivity index (χ4v) is 2.76. The van der Waals surface area contributed by atoms with Crippen LogP contribution in [-0.2, 0) is 12.8 Å². The lowest BCUT2D eigenvalue weighted by molar-refractivity contribution is 0.596. The molecule has 19 heavy (non-hydrogen) atoms. The number of aromatic amines is 1. The highest BCUT2D eigenvalue weighted by molar-refractivity contribution is 7.98. The van der Waals surface area contributed by atoms with E-state index in [4.69, 9.17) is 17.3 Å². The van der Waals surface area contributed by atoms with Crippen LogP contribution in [0, 0.1) is 0 Å². The van der Waals surface area contributed by atoms with E-state index in [9.17, 15) is 9.59 Å². The van der Waals surface area contributed by atoms with Gasteiger partial charge in [-0.15, -0.1) is 0 Å². The Kier molecular flexibility index (Phi) is 3.96. The number of hydrogen-bond acceptors (Lipinski definition) is 5. The Morgan fingerprint density at radius 1 is 1.47 bits per heavy atom. The molecule has 0 fully saturated rings. The summed E-state index contributed by atoms with van der Waals surface area (Å²) in [5.41, 5.74) is 5.63. The number of hydrogen-bond donors (Lipinski definition) is 2. The minimum atomic E-state index is -0.812. The van der Waals surface area contributed by atoms with E-state index in [0.29, 0.717) is 21.6 Å². The van der Waals surface area contributed by atoms with Crippen LogP contribution in [-0.4, -0.2) is 14.8 Å². The number of nitrogens with zero attached hydrogens (tertiary/aromatic N) is 2. The number of nitrogen functional groups attached to an aromatic ring is 1. The Balaban J connectivity index is 2.26. The maximum Gasteiger partial charge on any atom is 0.339 e. The van der Waals surface area contributed by atoms with Crippen LogP contribution in [0.2, 0.25) is 5.02 Å². The smallest absolute Gasteiger partial charge is 0.339 e. The highest BCUT2D eigenvalue weighted by Crippen LogP contribution is 2.28. The molecule has 0 saturated carbocycles. The number of halogens is 1. The van der Waals surface area contributed by atoms with Gasteiger partial charge in [0.1, 0.15) is 0 Å². The van der Waals surface area contributed by atoms with Crippen LogP contribution in [0.3, 0.4) is 0 Å². The molecule has 1 aromatic heterocycles. The first-order chi connectivity index (χ1) is 8.99. The number of anilines is 1. The third-order valence-corrected chi connectivity index (χ3v) is 3.86. The molecule has 0 bridgehead atoms. The van der Waals surface area contributed by atoms with Gasteiger partial charge in [-0.25, -0.2) is 0 Å². The average molecular weight is 299 g/mol. The van der Waals surface area contributed by atoms with Crippen molar-refractivity contribution in [2.24, 2.45) is 7.05 Å². The maximum atomic E-state index is 11.2. The highest BCUT2D eigenvalue weighted by atomic mass is 35.5. The molecule has 0 saturated heterocycles. The molecule has 0 radical (unpaired) electrons. The molecule has 6 nitrogen and oxygen atoms in total. The minimum Gasteiger partial charge on any atom is -0.398 e. The van der Waals surface area contributed by atoms with Crippen molar-refractivity contribution in [3.05, 3.63) is 49.5 Å². The molecular weight excluding hydrogens is 288 g/mol. The molecule has 8 heteroatoms. The predicted molar refractivity (Wildman–Crippen MR) is 75.5 cm³/mol. The van der Waals surface area contributed by atoms with Gasteiger partial charge in [-0.3, -0.25) is 19.4 Å². The standard InChI is InChI=1S/C11H11ClN4O2S/c1-16-11(14-9(17)10(18)15-16)19-5-6-7(12)3-2-4-8(6)13/h2-4H,5,13H2,1H3,(H,15,18). The predicted octanol–water partition coefficient (Wildman–Crippen LogP) is 0.996. The van der Waals surface area contributed by atoms with Crippen LogP contribution < -0.4 is 16.9 Å². The Morgan fingerprint density at radius 3 is 2.89 bits per heavy atom. The Morgan fingerprint density at radius 2 is 2.21 bits per heavy atom. The molecule has 1 heterocycles. The third kappa shape index (κ3) is 2.99. The zero-order valence-electron chi connectivity index (χ0n) is 10.0. The lowest BCUT2D eigenvalue weighted by Gasteiger charge is -2.09. The van der Waals surface area contributed by atoms with Crippen molar-refractivity contribution in [3.63, 3.8) is 0 Å². The monoisotopic (exact) mass is 298 g/mol. The summed E-state index contributed by atoms with van der Waals surface area (Å²) in [7, 11) is 1.60. The van der Waals surface area contributed by atoms with Crippen molar-refractivity contribution in [2.45, 2.75) is 10.9 Å². The summed E-state index contributed by atoms with van der Waals surface area (Å²) in [6, 6.07) is 5.26. The Hall–Kier alpha value is -1.73. The Labute approximate surface area is 117 Å². The number of aromatic nitrogens is 3. The van der Waals surface area contributed by atoms with Crippen LogP contribution in [0.5, 0.6) is 0 Å². The van der Waals surface area contributed by atoms with Crippen molar-refractivity contribution in [2.75, 3.05) is 5.73 Å². The molecule has 0 amide bonds. The molecule has 100 valence electrons. The minimum absolute atomic E-state index is 0.393. The van der Waals surface area contributed by atoms with Gasteiger partial charge in [0.15, 0.2) is 5.16 Å². The van der Waals surface area contributed by atoms with Crippen molar-refractivity contribution in [3.8, 4) is 0 Å². The van der Waals surface area contributed by atoms with E-state index in [2.05, 4.69) is 10.1 Å². The normalized spacial score (nSPS) is 10.6. The van der Waals surface area contributed by atoms with E-state index in [1.165, 1.54) is 16.4 Å². The lowest BCUT2D eigenvalue weighted by atomic mass is 10.2. The summed E-state index contributed by atoms with van der Waals surface area (Å²) in [6.07, 6.45) is 0. The summed E-state index contributed by atoms with van der Waals surface area (Å²) in [5, 5.41) is 3.32. The van der Waals surface area contributed by atoms with Crippen molar-refractivity contribution < 1.29 is 0 Å². The molecular formula is C11H11ClN4O2S. The van der Waals surface area contributed by atoms with Gasteiger partial charge in [-0.1, -0.05) is 29.4 Å². The van der Waals surface area contributed by atoms with Crippen molar-refractivity contribution in [1.82, 2.24) is 14.8 Å². The molecule has 0 aliphatic rings. The summed E-state index contributed by atoms with van der Waals surface area (Å²) in [6.45, 7) is 0. The number of rotatable bonds is 3. The quantitative estimate of drug-likeness (QED) is 0.501. The summed E-state index contributed by atoms with van der Waals surface area (Å²) in [5.74, 6) is 0.456. The van der Waals surface area contributed by atoms with Crippen LogP contribution in [0.15, 0.2) is 32.9 Å². The second-order valence-electron chi connectivity index (χ2n) is 3.80. The number of nitrogens with two attached hydrogens (primary N) is 1. The molecule has 2 aromatic rings. The van der Waals surface area contributed by atoms with Gasteiger partial charge in [0.2, 0.25) is 0 Å². The number of aryl methyl sites for hydroxylation is 1. The number of benzene rings is 1. The number of thioether (sulfide) groups is 1. The molecule has 0 aliphatic carbocycles. The zero-order chi connectivity index (χ0) is 14.0. The summed E-state index contributed by atoms with van der Waals surface area (Å²) < 4.78 is 1.39. The number of nitrogens with one attached hydrogen (secondary N) is 1. The molecule has 2 rings (SSSR count). The van der Waals surface area contributed by atoms with Gasteiger partial charge in [0, 0.05) is 29.1 Å². The third-order valence-electron chi connectivity index (χ3n) is 2.45. The van der Waals surface area contributed by atoms with E-state index >= 15 is 0 Å². The highest BCUT2D eigenvalue weighted by Gasteiger charge is 2.09. The van der Waals surface area contributed by atoms with Crippen molar-refractivity contribution >= 4 is 29.1 Å². The van der Waals surface area contributed by atoms with E-state index in [0.717, 1.165) is 5.56 Å². The van der Waals surface area contributed by atoms with Crippen molar-refractivity contribution in [1.29, 1.82) is 0 Å². The van der Waals surface area contributed by atoms with Crippen LogP contribution in [0.4, 0.5) is 5.69 Å². The topological polar surface area (TPSA) is 93.8 Å². The average Bonchev–Trinajstić information content (AvgIpc) is 2.34. The Bertz CT molecular complexity index is 705. The second-order valence-corrected chi connectivity index (χ2v) is 5.15. The van der Waals surface area contributed by atoms with E-state index in [1.807, 2.05) is 0 Å². The maximum absolute atomic E-state index is 11.2. The molecule has 0 spiro atoms. The first-order valence-corrected chi connectivity index (χ1v) is 6.68. The molecule has 3 N–H and O–H groups in total. The second kappa shape index (κ2) is 5.50. The van der Waals surface area contributed by atoms with Gasteiger partial charge >= 0.3 is 11.1 Å². The van der Waals surface area contributed by atoms with Gasteiger partial charge < -0.3 is 5.73 Å². The van der Waals surface area contributed by atoms with E-state index in [-0.39, 0.29) is 0 Å². The fraction of sp³-hybridized carbons (Fsp3) is 0.182. The largest absolute Gasteiger partial charge is 0.398 e. The van der Waals surface area contributed by atoms with Gasteiger partial charge in [-0.2, -0.15) is 4.98 Å². The summed E-state index contributed by atoms with van der Waals surface area (Å²) in [4.78, 5) is 26.0. The molecule has 0 aliphatic heterocycles. The van der Waals surface area contributed by atoms with Gasteiger partial charge in [0.05, 0.1) is 0 Å². The first kappa shape index (κ1) is 13.7. The van der Waals surface area contributed by atoms with E-state index < -0.39 is 11.1 Å². The van der Waals surface area contributed by atoms with Crippen LogP contribution in [0.25, 0.3) is 0 Å². The zero-order valence-corrected chi connectivity index (χ0v) is 11.6. The van der Waals surface area contributed by atoms with Crippen LogP contribution >= 0.6 is 23.4 Å². The van der Waals surface area contributed by atoms with Gasteiger partial charge in [0.25, 0.3) is 0 Å². The molecule has 0 unspecified atom stereocenters. The molecule has 1 aromatic carbocycles. The lowest BCUT2D eigenvalue weighted by Crippen LogP contribution is -2.33. The van der Waals surface area contributed by atoms with E-state index in [1.54, 1.807) is 25.2 Å². The number of H-pyrrole nitrogens is 1. The van der Waals surface area contributed by atoms with Gasteiger partial charge in [-0.05, 0) is 12.1 Å². The molecule has 0 atom stereocenters. The SMILES string of the molecule is Cn1[nH]c(=O)c(=O)nc1SCc1c(N)cccc1Cl. The summed E-state index contributed by atoms with van der Waals surface area (Å²) >= 11 is 7.32.